The Morgan fingerprint density at radius 2 is 1.65 bits per heavy atom. The number of aromatic amines is 2. The normalized spacial score (nSPS) is 14.5. The van der Waals surface area contributed by atoms with Gasteiger partial charge in [-0.1, -0.05) is 42.5 Å². The second-order valence-corrected chi connectivity index (χ2v) is 10.1. The zero-order valence-corrected chi connectivity index (χ0v) is 21.6. The van der Waals surface area contributed by atoms with Gasteiger partial charge in [0.2, 0.25) is 0 Å². The fourth-order valence-electron chi connectivity index (χ4n) is 5.38. The largest absolute Gasteiger partial charge is 0.490 e. The number of rotatable bonds is 7. The Balaban J connectivity index is 1.10. The van der Waals surface area contributed by atoms with Crippen LogP contribution in [-0.4, -0.2) is 33.5 Å². The summed E-state index contributed by atoms with van der Waals surface area (Å²) in [6.07, 6.45) is 10.1. The van der Waals surface area contributed by atoms with E-state index in [1.807, 2.05) is 79.1 Å². The number of hydrogen-bond acceptors (Lipinski definition) is 4. The molecule has 196 valence electrons. The number of carbonyl (C=O) groups is 1. The molecule has 0 saturated carbocycles. The zero-order chi connectivity index (χ0) is 27.1. The molecule has 5 N–H and O–H groups in total. The predicted octanol–water partition coefficient (Wildman–Crippen LogP) is 6.15. The van der Waals surface area contributed by atoms with Crippen molar-refractivity contribution in [2.75, 3.05) is 11.9 Å². The molecule has 0 saturated heterocycles. The molecule has 40 heavy (non-hydrogen) atoms. The van der Waals surface area contributed by atoms with E-state index in [1.165, 1.54) is 10.9 Å². The van der Waals surface area contributed by atoms with E-state index < -0.39 is 0 Å². The van der Waals surface area contributed by atoms with E-state index in [0.29, 0.717) is 24.4 Å². The van der Waals surface area contributed by atoms with Crippen molar-refractivity contribution in [3.05, 3.63) is 114 Å². The lowest BCUT2D eigenvalue weighted by Crippen LogP contribution is -2.30. The summed E-state index contributed by atoms with van der Waals surface area (Å²) >= 11 is 0. The van der Waals surface area contributed by atoms with Gasteiger partial charge in [0, 0.05) is 74.4 Å². The van der Waals surface area contributed by atoms with Crippen LogP contribution in [-0.2, 0) is 11.2 Å². The number of amides is 1. The standard InChI is InChI=1S/C33H27N5O2/c34-24(11-22-16-36-30-7-3-1-5-26(22)30)19-40-25-12-21(15-35-18-25)20-9-10-32-28(13-20)29(33(39)38-32)14-23-17-37-31-8-4-2-6-27(23)31/h1-10,12-18,24,36-37H,11,19,34H2,(H,38,39)/b29-14+/t24-/m0/s1. The fourth-order valence-corrected chi connectivity index (χ4v) is 5.38. The highest BCUT2D eigenvalue weighted by Crippen LogP contribution is 2.37. The molecule has 1 atom stereocenters. The van der Waals surface area contributed by atoms with Gasteiger partial charge in [0.05, 0.1) is 6.20 Å². The van der Waals surface area contributed by atoms with Crippen molar-refractivity contribution in [3.63, 3.8) is 0 Å². The van der Waals surface area contributed by atoms with Gasteiger partial charge in [-0.3, -0.25) is 9.78 Å². The van der Waals surface area contributed by atoms with Gasteiger partial charge in [-0.15, -0.1) is 0 Å². The molecule has 0 spiro atoms. The second-order valence-electron chi connectivity index (χ2n) is 10.1. The topological polar surface area (TPSA) is 109 Å². The van der Waals surface area contributed by atoms with Crippen molar-refractivity contribution in [2.24, 2.45) is 5.73 Å². The molecule has 4 heterocycles. The van der Waals surface area contributed by atoms with Gasteiger partial charge in [0.25, 0.3) is 5.91 Å². The highest BCUT2D eigenvalue weighted by molar-refractivity contribution is 6.35. The van der Waals surface area contributed by atoms with Crippen LogP contribution < -0.4 is 15.8 Å². The average molecular weight is 526 g/mol. The van der Waals surface area contributed by atoms with Crippen LogP contribution in [0, 0.1) is 0 Å². The van der Waals surface area contributed by atoms with Crippen LogP contribution in [0.15, 0.2) is 97.6 Å². The Kier molecular flexibility index (Phi) is 5.91. The summed E-state index contributed by atoms with van der Waals surface area (Å²) in [6.45, 7) is 0.366. The molecular weight excluding hydrogens is 498 g/mol. The number of fused-ring (bicyclic) bond motifs is 3. The Labute approximate surface area is 230 Å². The summed E-state index contributed by atoms with van der Waals surface area (Å²) in [4.78, 5) is 23.9. The van der Waals surface area contributed by atoms with E-state index in [9.17, 15) is 4.79 Å². The minimum Gasteiger partial charge on any atom is -0.490 e. The number of H-pyrrole nitrogens is 2. The van der Waals surface area contributed by atoms with Crippen molar-refractivity contribution in [1.29, 1.82) is 0 Å². The molecule has 3 aromatic heterocycles. The zero-order valence-electron chi connectivity index (χ0n) is 21.6. The third-order valence-electron chi connectivity index (χ3n) is 7.39. The molecule has 0 fully saturated rings. The summed E-state index contributed by atoms with van der Waals surface area (Å²) in [5, 5.41) is 5.24. The quantitative estimate of drug-likeness (QED) is 0.187. The van der Waals surface area contributed by atoms with Crippen LogP contribution in [0.1, 0.15) is 16.7 Å². The summed E-state index contributed by atoms with van der Waals surface area (Å²) in [6, 6.07) is 24.0. The first-order valence-corrected chi connectivity index (χ1v) is 13.2. The first-order valence-electron chi connectivity index (χ1n) is 13.2. The number of anilines is 1. The molecule has 7 heteroatoms. The number of ether oxygens (including phenoxy) is 1. The van der Waals surface area contributed by atoms with Crippen LogP contribution in [0.4, 0.5) is 5.69 Å². The summed E-state index contributed by atoms with van der Waals surface area (Å²) in [5.74, 6) is 0.535. The molecule has 3 aromatic carbocycles. The lowest BCUT2D eigenvalue weighted by Gasteiger charge is -2.13. The van der Waals surface area contributed by atoms with E-state index in [1.54, 1.807) is 12.4 Å². The predicted molar refractivity (Wildman–Crippen MR) is 160 cm³/mol. The van der Waals surface area contributed by atoms with Gasteiger partial charge in [-0.25, -0.2) is 0 Å². The van der Waals surface area contributed by atoms with Crippen molar-refractivity contribution in [3.8, 4) is 16.9 Å². The van der Waals surface area contributed by atoms with Gasteiger partial charge >= 0.3 is 0 Å². The summed E-state index contributed by atoms with van der Waals surface area (Å²) in [7, 11) is 0. The van der Waals surface area contributed by atoms with Crippen molar-refractivity contribution < 1.29 is 9.53 Å². The van der Waals surface area contributed by atoms with Gasteiger partial charge in [0.1, 0.15) is 12.4 Å². The first-order chi connectivity index (χ1) is 19.6. The molecule has 7 nitrogen and oxygen atoms in total. The molecule has 0 aliphatic carbocycles. The number of aromatic nitrogens is 3. The Bertz CT molecular complexity index is 1920. The molecule has 1 aliphatic heterocycles. The van der Waals surface area contributed by atoms with Crippen LogP contribution in [0.5, 0.6) is 5.75 Å². The van der Waals surface area contributed by atoms with Crippen molar-refractivity contribution >= 4 is 45.0 Å². The van der Waals surface area contributed by atoms with E-state index >= 15 is 0 Å². The van der Waals surface area contributed by atoms with Crippen LogP contribution >= 0.6 is 0 Å². The van der Waals surface area contributed by atoms with Gasteiger partial charge < -0.3 is 25.8 Å². The minimum absolute atomic E-state index is 0.114. The SMILES string of the molecule is N[C@H](COc1cncc(-c2ccc3c(c2)/C(=C\c2c[nH]c4ccccc24)C(=O)N3)c1)Cc1c[nH]c2ccccc12. The van der Waals surface area contributed by atoms with Crippen LogP contribution in [0.3, 0.4) is 0 Å². The molecule has 6 aromatic rings. The number of hydrogen-bond donors (Lipinski definition) is 4. The molecular formula is C33H27N5O2. The first kappa shape index (κ1) is 23.9. The number of nitrogens with zero attached hydrogens (tertiary/aromatic N) is 1. The number of nitrogens with one attached hydrogen (secondary N) is 3. The van der Waals surface area contributed by atoms with E-state index in [4.69, 9.17) is 10.5 Å². The Morgan fingerprint density at radius 3 is 2.52 bits per heavy atom. The lowest BCUT2D eigenvalue weighted by molar-refractivity contribution is -0.110. The highest BCUT2D eigenvalue weighted by atomic mass is 16.5. The molecule has 0 bridgehead atoms. The van der Waals surface area contributed by atoms with E-state index in [0.717, 1.165) is 44.4 Å². The van der Waals surface area contributed by atoms with Crippen LogP contribution in [0.25, 0.3) is 44.6 Å². The van der Waals surface area contributed by atoms with Crippen molar-refractivity contribution in [2.45, 2.75) is 12.5 Å². The fraction of sp³-hybridized carbons (Fsp3) is 0.0909. The summed E-state index contributed by atoms with van der Waals surface area (Å²) in [5.41, 5.74) is 14.8. The number of nitrogens with two attached hydrogens (primary N) is 1. The Hall–Kier alpha value is -5.14. The number of carbonyl (C=O) groups excluding carboxylic acids is 1. The maximum absolute atomic E-state index is 12.9. The second kappa shape index (κ2) is 9.87. The number of para-hydroxylation sites is 2. The third kappa shape index (κ3) is 4.42. The number of pyridine rings is 1. The molecule has 7 rings (SSSR count). The lowest BCUT2D eigenvalue weighted by atomic mass is 9.99. The highest BCUT2D eigenvalue weighted by Gasteiger charge is 2.25. The maximum Gasteiger partial charge on any atom is 0.256 e. The maximum atomic E-state index is 12.9. The van der Waals surface area contributed by atoms with Gasteiger partial charge in [-0.05, 0) is 54.0 Å². The van der Waals surface area contributed by atoms with Gasteiger partial charge in [0.15, 0.2) is 0 Å². The van der Waals surface area contributed by atoms with E-state index in [2.05, 4.69) is 32.4 Å². The minimum atomic E-state index is -0.169. The van der Waals surface area contributed by atoms with Crippen LogP contribution in [0.2, 0.25) is 0 Å². The average Bonchev–Trinajstić information content (AvgIpc) is 3.68. The Morgan fingerprint density at radius 1 is 0.875 bits per heavy atom. The van der Waals surface area contributed by atoms with Crippen molar-refractivity contribution in [1.82, 2.24) is 15.0 Å². The molecule has 0 radical (unpaired) electrons. The van der Waals surface area contributed by atoms with Gasteiger partial charge in [-0.2, -0.15) is 0 Å². The summed E-state index contributed by atoms with van der Waals surface area (Å²) < 4.78 is 6.05. The molecule has 1 amide bonds. The smallest absolute Gasteiger partial charge is 0.256 e. The molecule has 1 aliphatic rings. The third-order valence-corrected chi connectivity index (χ3v) is 7.39. The monoisotopic (exact) mass is 525 g/mol. The number of benzene rings is 3. The van der Waals surface area contributed by atoms with E-state index in [-0.39, 0.29) is 11.9 Å². The molecule has 0 unspecified atom stereocenters.